The smallest absolute Gasteiger partial charge is 0.153 e. The Kier molecular flexibility index (Phi) is 4.66. The first kappa shape index (κ1) is 17.0. The number of aromatic amines is 1. The molecule has 2 aromatic carbocycles. The standard InChI is InChI=1S/C22H21N5/c1-16(2)27(19-13-23-15-25-19)20-14-24-21(17-9-5-3-6-10-17)22(26-20)18-11-7-4-8-12-18/h3-16H,1-2H3,(H,23,25). The number of imidazole rings is 1. The normalized spacial score (nSPS) is 10.9. The van der Waals surface area contributed by atoms with Crippen molar-refractivity contribution in [2.45, 2.75) is 19.9 Å². The zero-order chi connectivity index (χ0) is 18.6. The van der Waals surface area contributed by atoms with Gasteiger partial charge in [-0.3, -0.25) is 4.98 Å². The van der Waals surface area contributed by atoms with E-state index in [1.165, 1.54) is 0 Å². The minimum absolute atomic E-state index is 0.200. The average molecular weight is 355 g/mol. The zero-order valence-corrected chi connectivity index (χ0v) is 15.4. The van der Waals surface area contributed by atoms with Crippen molar-refractivity contribution in [3.8, 4) is 22.5 Å². The van der Waals surface area contributed by atoms with Crippen LogP contribution < -0.4 is 4.90 Å². The van der Waals surface area contributed by atoms with E-state index in [4.69, 9.17) is 9.97 Å². The van der Waals surface area contributed by atoms with E-state index in [1.54, 1.807) is 12.5 Å². The maximum atomic E-state index is 5.01. The molecule has 0 saturated carbocycles. The van der Waals surface area contributed by atoms with E-state index >= 15 is 0 Å². The van der Waals surface area contributed by atoms with E-state index < -0.39 is 0 Å². The van der Waals surface area contributed by atoms with E-state index in [1.807, 2.05) is 42.6 Å². The molecule has 5 heteroatoms. The predicted molar refractivity (Wildman–Crippen MR) is 109 cm³/mol. The molecule has 0 fully saturated rings. The van der Waals surface area contributed by atoms with Crippen molar-refractivity contribution in [1.82, 2.24) is 19.9 Å². The minimum Gasteiger partial charge on any atom is -0.331 e. The molecule has 0 bridgehead atoms. The molecule has 0 saturated heterocycles. The van der Waals surface area contributed by atoms with Crippen LogP contribution in [-0.4, -0.2) is 26.0 Å². The second-order valence-corrected chi connectivity index (χ2v) is 6.56. The third kappa shape index (κ3) is 3.44. The highest BCUT2D eigenvalue weighted by atomic mass is 15.3. The minimum atomic E-state index is 0.200. The van der Waals surface area contributed by atoms with E-state index in [2.05, 4.69) is 53.0 Å². The van der Waals surface area contributed by atoms with Crippen molar-refractivity contribution in [3.63, 3.8) is 0 Å². The lowest BCUT2D eigenvalue weighted by Crippen LogP contribution is -2.27. The average Bonchev–Trinajstić information content (AvgIpc) is 3.23. The number of aromatic nitrogens is 4. The van der Waals surface area contributed by atoms with Gasteiger partial charge in [0.25, 0.3) is 0 Å². The van der Waals surface area contributed by atoms with Crippen LogP contribution in [0.2, 0.25) is 0 Å². The summed E-state index contributed by atoms with van der Waals surface area (Å²) >= 11 is 0. The molecule has 0 radical (unpaired) electrons. The van der Waals surface area contributed by atoms with Crippen molar-refractivity contribution in [2.24, 2.45) is 0 Å². The Bertz CT molecular complexity index is 996. The molecule has 0 aliphatic rings. The fourth-order valence-corrected chi connectivity index (χ4v) is 3.15. The fraction of sp³-hybridized carbons (Fsp3) is 0.136. The zero-order valence-electron chi connectivity index (χ0n) is 15.4. The van der Waals surface area contributed by atoms with Gasteiger partial charge in [-0.25, -0.2) is 9.97 Å². The van der Waals surface area contributed by atoms with Crippen LogP contribution in [0.3, 0.4) is 0 Å². The van der Waals surface area contributed by atoms with Crippen molar-refractivity contribution >= 4 is 11.6 Å². The first-order valence-electron chi connectivity index (χ1n) is 8.99. The fourth-order valence-electron chi connectivity index (χ4n) is 3.15. The molecule has 0 aliphatic carbocycles. The van der Waals surface area contributed by atoms with Crippen molar-refractivity contribution in [3.05, 3.63) is 79.4 Å². The van der Waals surface area contributed by atoms with Crippen LogP contribution in [0.15, 0.2) is 79.4 Å². The quantitative estimate of drug-likeness (QED) is 0.542. The number of rotatable bonds is 5. The van der Waals surface area contributed by atoms with Gasteiger partial charge in [-0.1, -0.05) is 60.7 Å². The third-order valence-corrected chi connectivity index (χ3v) is 4.36. The maximum Gasteiger partial charge on any atom is 0.153 e. The van der Waals surface area contributed by atoms with Gasteiger partial charge in [0.2, 0.25) is 0 Å². The number of benzene rings is 2. The highest BCUT2D eigenvalue weighted by molar-refractivity contribution is 5.79. The number of hydrogen-bond donors (Lipinski definition) is 1. The maximum absolute atomic E-state index is 5.01. The second kappa shape index (κ2) is 7.41. The SMILES string of the molecule is CC(C)N(c1cnc(-c2ccccc2)c(-c2ccccc2)n1)c1cnc[nH]1. The van der Waals surface area contributed by atoms with Gasteiger partial charge in [-0.2, -0.15) is 0 Å². The molecule has 27 heavy (non-hydrogen) atoms. The molecule has 4 rings (SSSR count). The van der Waals surface area contributed by atoms with Gasteiger partial charge >= 0.3 is 0 Å². The van der Waals surface area contributed by atoms with Crippen molar-refractivity contribution in [2.75, 3.05) is 4.90 Å². The summed E-state index contributed by atoms with van der Waals surface area (Å²) in [5.74, 6) is 1.68. The first-order valence-corrected chi connectivity index (χ1v) is 8.99. The Morgan fingerprint density at radius 3 is 2.00 bits per heavy atom. The molecule has 134 valence electrons. The largest absolute Gasteiger partial charge is 0.331 e. The van der Waals surface area contributed by atoms with Crippen LogP contribution in [0.1, 0.15) is 13.8 Å². The molecule has 5 nitrogen and oxygen atoms in total. The van der Waals surface area contributed by atoms with E-state index in [0.29, 0.717) is 0 Å². The van der Waals surface area contributed by atoms with Crippen molar-refractivity contribution in [1.29, 1.82) is 0 Å². The van der Waals surface area contributed by atoms with Crippen LogP contribution in [0.25, 0.3) is 22.5 Å². The Morgan fingerprint density at radius 2 is 1.44 bits per heavy atom. The van der Waals surface area contributed by atoms with Crippen LogP contribution in [0.4, 0.5) is 11.6 Å². The number of hydrogen-bond acceptors (Lipinski definition) is 4. The Balaban J connectivity index is 1.89. The predicted octanol–water partition coefficient (Wildman–Crippen LogP) is 5.08. The van der Waals surface area contributed by atoms with Crippen molar-refractivity contribution < 1.29 is 0 Å². The molecular formula is C22H21N5. The lowest BCUT2D eigenvalue weighted by molar-refractivity contribution is 0.766. The molecule has 2 aromatic heterocycles. The van der Waals surface area contributed by atoms with Gasteiger partial charge in [-0.05, 0) is 13.8 Å². The summed E-state index contributed by atoms with van der Waals surface area (Å²) in [5, 5.41) is 0. The van der Waals surface area contributed by atoms with Crippen LogP contribution in [0, 0.1) is 0 Å². The van der Waals surface area contributed by atoms with E-state index in [0.717, 1.165) is 34.2 Å². The molecule has 0 unspecified atom stereocenters. The molecule has 1 N–H and O–H groups in total. The molecule has 0 spiro atoms. The van der Waals surface area contributed by atoms with Crippen LogP contribution in [-0.2, 0) is 0 Å². The van der Waals surface area contributed by atoms with Crippen LogP contribution >= 0.6 is 0 Å². The number of H-pyrrole nitrogens is 1. The molecule has 0 aliphatic heterocycles. The first-order chi connectivity index (χ1) is 13.2. The molecule has 2 heterocycles. The second-order valence-electron chi connectivity index (χ2n) is 6.56. The Labute approximate surface area is 158 Å². The highest BCUT2D eigenvalue weighted by Crippen LogP contribution is 2.32. The lowest BCUT2D eigenvalue weighted by Gasteiger charge is -2.26. The summed E-state index contributed by atoms with van der Waals surface area (Å²) < 4.78 is 0. The molecular weight excluding hydrogens is 334 g/mol. The summed E-state index contributed by atoms with van der Waals surface area (Å²) in [4.78, 5) is 19.2. The van der Waals surface area contributed by atoms with Crippen LogP contribution in [0.5, 0.6) is 0 Å². The van der Waals surface area contributed by atoms with Gasteiger partial charge in [-0.15, -0.1) is 0 Å². The molecule has 4 aromatic rings. The number of anilines is 2. The van der Waals surface area contributed by atoms with Gasteiger partial charge in [0.1, 0.15) is 5.82 Å². The number of nitrogens with one attached hydrogen (secondary N) is 1. The van der Waals surface area contributed by atoms with E-state index in [-0.39, 0.29) is 6.04 Å². The molecule has 0 amide bonds. The Morgan fingerprint density at radius 1 is 0.815 bits per heavy atom. The molecule has 0 atom stereocenters. The summed E-state index contributed by atoms with van der Waals surface area (Å²) in [6, 6.07) is 20.5. The summed E-state index contributed by atoms with van der Waals surface area (Å²) in [6.07, 6.45) is 5.30. The monoisotopic (exact) mass is 355 g/mol. The van der Waals surface area contributed by atoms with Gasteiger partial charge in [0, 0.05) is 17.2 Å². The summed E-state index contributed by atoms with van der Waals surface area (Å²) in [5.41, 5.74) is 3.83. The topological polar surface area (TPSA) is 57.7 Å². The van der Waals surface area contributed by atoms with Gasteiger partial charge in [0.05, 0.1) is 30.1 Å². The van der Waals surface area contributed by atoms with E-state index in [9.17, 15) is 0 Å². The summed E-state index contributed by atoms with van der Waals surface area (Å²) in [6.45, 7) is 4.24. The number of nitrogens with zero attached hydrogens (tertiary/aromatic N) is 4. The summed E-state index contributed by atoms with van der Waals surface area (Å²) in [7, 11) is 0. The third-order valence-electron chi connectivity index (χ3n) is 4.36. The van der Waals surface area contributed by atoms with Gasteiger partial charge < -0.3 is 9.88 Å². The Hall–Kier alpha value is -3.47. The van der Waals surface area contributed by atoms with Gasteiger partial charge in [0.15, 0.2) is 5.82 Å². The highest BCUT2D eigenvalue weighted by Gasteiger charge is 2.19. The lowest BCUT2D eigenvalue weighted by atomic mass is 10.0.